The Labute approximate surface area is 109 Å². The predicted octanol–water partition coefficient (Wildman–Crippen LogP) is 3.49. The molecule has 0 amide bonds. The largest absolute Gasteiger partial charge is 0.411 e. The third kappa shape index (κ3) is 1.95. The maximum atomic E-state index is 9.12. The van der Waals surface area contributed by atoms with Gasteiger partial charge in [0.15, 0.2) is 0 Å². The summed E-state index contributed by atoms with van der Waals surface area (Å²) < 4.78 is 1.08. The zero-order valence-corrected chi connectivity index (χ0v) is 11.0. The van der Waals surface area contributed by atoms with Gasteiger partial charge in [-0.05, 0) is 49.4 Å². The monoisotopic (exact) mass is 294 g/mol. The van der Waals surface area contributed by atoms with Crippen LogP contribution in [0.15, 0.2) is 33.9 Å². The van der Waals surface area contributed by atoms with Crippen LogP contribution >= 0.6 is 15.9 Å². The lowest BCUT2D eigenvalue weighted by Gasteiger charge is -2.24. The molecule has 0 unspecified atom stereocenters. The number of benzene rings is 1. The minimum Gasteiger partial charge on any atom is -0.411 e. The van der Waals surface area contributed by atoms with E-state index in [1.54, 1.807) is 0 Å². The smallest absolute Gasteiger partial charge is 0.0826 e. The molecule has 0 aliphatic heterocycles. The van der Waals surface area contributed by atoms with E-state index < -0.39 is 0 Å². The first-order chi connectivity index (χ1) is 8.28. The van der Waals surface area contributed by atoms with E-state index in [4.69, 9.17) is 5.21 Å². The molecular weight excluding hydrogens is 280 g/mol. The van der Waals surface area contributed by atoms with Crippen LogP contribution in [0.2, 0.25) is 0 Å². The molecule has 2 fully saturated rings. The van der Waals surface area contributed by atoms with Crippen molar-refractivity contribution < 1.29 is 5.21 Å². The highest BCUT2D eigenvalue weighted by molar-refractivity contribution is 9.10. The van der Waals surface area contributed by atoms with Gasteiger partial charge in [-0.25, -0.2) is 0 Å². The lowest BCUT2D eigenvalue weighted by Crippen LogP contribution is -2.35. The van der Waals surface area contributed by atoms with E-state index in [-0.39, 0.29) is 6.04 Å². The van der Waals surface area contributed by atoms with Gasteiger partial charge in [-0.3, -0.25) is 0 Å². The third-order valence-electron chi connectivity index (χ3n) is 3.96. The zero-order valence-electron chi connectivity index (χ0n) is 9.44. The average molecular weight is 295 g/mol. The number of hydrogen-bond acceptors (Lipinski definition) is 3. The lowest BCUT2D eigenvalue weighted by molar-refractivity contribution is 0.312. The van der Waals surface area contributed by atoms with E-state index in [0.717, 1.165) is 15.9 Å². The molecule has 0 radical (unpaired) electrons. The molecule has 1 aromatic rings. The number of halogens is 1. The molecule has 2 aliphatic carbocycles. The number of oxime groups is 1. The van der Waals surface area contributed by atoms with Crippen molar-refractivity contribution in [3.05, 3.63) is 28.7 Å². The van der Waals surface area contributed by atoms with Crippen molar-refractivity contribution in [3.8, 4) is 0 Å². The van der Waals surface area contributed by atoms with Crippen molar-refractivity contribution in [3.63, 3.8) is 0 Å². The Hall–Kier alpha value is -1.03. The summed E-state index contributed by atoms with van der Waals surface area (Å²) in [6, 6.07) is 8.35. The number of nitrogens with one attached hydrogen (secondary N) is 1. The SMILES string of the molecule is O/N=C1\[C@H]2CC[C@H](C2)[C@H]1Nc1ccc(Br)cc1. The number of rotatable bonds is 2. The molecule has 2 aliphatic rings. The summed E-state index contributed by atoms with van der Waals surface area (Å²) in [7, 11) is 0. The fourth-order valence-corrected chi connectivity index (χ4v) is 3.41. The summed E-state index contributed by atoms with van der Waals surface area (Å²) >= 11 is 3.42. The first kappa shape index (κ1) is 11.1. The standard InChI is InChI=1S/C13H15BrN2O/c14-10-3-5-11(6-4-10)15-12-8-1-2-9(7-8)13(12)16-17/h3-6,8-9,12,15,17H,1-2,7H2/b16-13+/t8-,9+,12-/m1/s1. The molecule has 3 nitrogen and oxygen atoms in total. The van der Waals surface area contributed by atoms with E-state index in [1.807, 2.05) is 24.3 Å². The van der Waals surface area contributed by atoms with Crippen LogP contribution < -0.4 is 5.32 Å². The van der Waals surface area contributed by atoms with Crippen molar-refractivity contribution in [1.82, 2.24) is 0 Å². The van der Waals surface area contributed by atoms with Crippen LogP contribution in [0.5, 0.6) is 0 Å². The molecule has 17 heavy (non-hydrogen) atoms. The summed E-state index contributed by atoms with van der Waals surface area (Å²) in [5.74, 6) is 1.13. The number of nitrogens with zero attached hydrogens (tertiary/aromatic N) is 1. The molecule has 3 rings (SSSR count). The molecular formula is C13H15BrN2O. The van der Waals surface area contributed by atoms with Crippen molar-refractivity contribution in [2.45, 2.75) is 25.3 Å². The van der Waals surface area contributed by atoms with Crippen molar-refractivity contribution in [2.24, 2.45) is 17.0 Å². The normalized spacial score (nSPS) is 33.2. The van der Waals surface area contributed by atoms with Crippen LogP contribution in [0.4, 0.5) is 5.69 Å². The first-order valence-corrected chi connectivity index (χ1v) is 6.81. The summed E-state index contributed by atoms with van der Waals surface area (Å²) in [4.78, 5) is 0. The second-order valence-electron chi connectivity index (χ2n) is 4.92. The highest BCUT2D eigenvalue weighted by atomic mass is 79.9. The third-order valence-corrected chi connectivity index (χ3v) is 4.49. The highest BCUT2D eigenvalue weighted by Crippen LogP contribution is 2.43. The molecule has 1 aromatic carbocycles. The van der Waals surface area contributed by atoms with E-state index in [2.05, 4.69) is 26.4 Å². The number of fused-ring (bicyclic) bond motifs is 2. The predicted molar refractivity (Wildman–Crippen MR) is 71.6 cm³/mol. The second-order valence-corrected chi connectivity index (χ2v) is 5.84. The lowest BCUT2D eigenvalue weighted by atomic mass is 9.93. The Morgan fingerprint density at radius 2 is 2.00 bits per heavy atom. The molecule has 2 N–H and O–H groups in total. The van der Waals surface area contributed by atoms with E-state index >= 15 is 0 Å². The number of hydrogen-bond donors (Lipinski definition) is 2. The van der Waals surface area contributed by atoms with Crippen molar-refractivity contribution >= 4 is 27.3 Å². The van der Waals surface area contributed by atoms with Gasteiger partial charge in [0.2, 0.25) is 0 Å². The minimum atomic E-state index is 0.222. The minimum absolute atomic E-state index is 0.222. The van der Waals surface area contributed by atoms with Crippen molar-refractivity contribution in [1.29, 1.82) is 0 Å². The van der Waals surface area contributed by atoms with Gasteiger partial charge in [-0.1, -0.05) is 21.1 Å². The van der Waals surface area contributed by atoms with Crippen LogP contribution in [-0.2, 0) is 0 Å². The first-order valence-electron chi connectivity index (χ1n) is 6.02. The number of anilines is 1. The van der Waals surface area contributed by atoms with E-state index in [0.29, 0.717) is 11.8 Å². The van der Waals surface area contributed by atoms with Crippen LogP contribution in [0, 0.1) is 11.8 Å². The van der Waals surface area contributed by atoms with Gasteiger partial charge in [0.05, 0.1) is 11.8 Å². The van der Waals surface area contributed by atoms with Crippen LogP contribution in [-0.4, -0.2) is 17.0 Å². The quantitative estimate of drug-likeness (QED) is 0.648. The van der Waals surface area contributed by atoms with Gasteiger partial charge in [-0.2, -0.15) is 0 Å². The van der Waals surface area contributed by atoms with Gasteiger partial charge < -0.3 is 10.5 Å². The van der Waals surface area contributed by atoms with Gasteiger partial charge in [-0.15, -0.1) is 0 Å². The van der Waals surface area contributed by atoms with E-state index in [1.165, 1.54) is 19.3 Å². The van der Waals surface area contributed by atoms with Gasteiger partial charge in [0.25, 0.3) is 0 Å². The molecule has 90 valence electrons. The highest BCUT2D eigenvalue weighted by Gasteiger charge is 2.45. The zero-order chi connectivity index (χ0) is 11.8. The van der Waals surface area contributed by atoms with Crippen molar-refractivity contribution in [2.75, 3.05) is 5.32 Å². The Morgan fingerprint density at radius 1 is 1.24 bits per heavy atom. The second kappa shape index (κ2) is 4.33. The topological polar surface area (TPSA) is 44.6 Å². The fraction of sp³-hybridized carbons (Fsp3) is 0.462. The molecule has 2 saturated carbocycles. The fourth-order valence-electron chi connectivity index (χ4n) is 3.14. The summed E-state index contributed by atoms with van der Waals surface area (Å²) in [5, 5.41) is 16.1. The molecule has 2 bridgehead atoms. The molecule has 0 heterocycles. The summed E-state index contributed by atoms with van der Waals surface area (Å²) in [6.45, 7) is 0. The van der Waals surface area contributed by atoms with E-state index in [9.17, 15) is 0 Å². The van der Waals surface area contributed by atoms with Crippen LogP contribution in [0.25, 0.3) is 0 Å². The summed E-state index contributed by atoms with van der Waals surface area (Å²) in [6.07, 6.45) is 3.61. The van der Waals surface area contributed by atoms with Gasteiger partial charge >= 0.3 is 0 Å². The maximum absolute atomic E-state index is 9.12. The molecule has 0 aromatic heterocycles. The Bertz CT molecular complexity index is 443. The Morgan fingerprint density at radius 3 is 2.71 bits per heavy atom. The maximum Gasteiger partial charge on any atom is 0.0826 e. The van der Waals surface area contributed by atoms with Crippen LogP contribution in [0.1, 0.15) is 19.3 Å². The summed E-state index contributed by atoms with van der Waals surface area (Å²) in [5.41, 5.74) is 2.04. The molecule has 4 heteroatoms. The van der Waals surface area contributed by atoms with Gasteiger partial charge in [0.1, 0.15) is 0 Å². The Kier molecular flexibility index (Phi) is 2.82. The average Bonchev–Trinajstić information content (AvgIpc) is 2.92. The Balaban J connectivity index is 1.79. The molecule has 3 atom stereocenters. The van der Waals surface area contributed by atoms with Gasteiger partial charge in [0, 0.05) is 16.1 Å². The molecule has 0 saturated heterocycles. The molecule has 0 spiro atoms. The van der Waals surface area contributed by atoms with Crippen LogP contribution in [0.3, 0.4) is 0 Å².